The van der Waals surface area contributed by atoms with Crippen LogP contribution in [0, 0.1) is 5.92 Å². The molecule has 1 aromatic rings. The predicted molar refractivity (Wildman–Crippen MR) is 137 cm³/mol. The summed E-state index contributed by atoms with van der Waals surface area (Å²) in [7, 11) is 3.47. The molecule has 1 unspecified atom stereocenters. The first kappa shape index (κ1) is 25.9. The Morgan fingerprint density at radius 2 is 2.00 bits per heavy atom. The first-order chi connectivity index (χ1) is 14.5. The Balaban J connectivity index is 0.00000341. The molecule has 0 bridgehead atoms. The third-order valence-corrected chi connectivity index (χ3v) is 6.85. The Labute approximate surface area is 207 Å². The van der Waals surface area contributed by atoms with Crippen molar-refractivity contribution >= 4 is 53.1 Å². The van der Waals surface area contributed by atoms with Crippen molar-refractivity contribution in [1.29, 1.82) is 0 Å². The topological polar surface area (TPSA) is 77.0 Å². The van der Waals surface area contributed by atoms with E-state index < -0.39 is 0 Å². The Hall–Kier alpha value is -1.36. The number of halogens is 1. The van der Waals surface area contributed by atoms with Crippen molar-refractivity contribution in [2.24, 2.45) is 10.9 Å². The zero-order valence-electron chi connectivity index (χ0n) is 18.6. The number of aliphatic imine (C=N–C) groups is 1. The van der Waals surface area contributed by atoms with Gasteiger partial charge < -0.3 is 20.4 Å². The van der Waals surface area contributed by atoms with Gasteiger partial charge in [-0.05, 0) is 37.1 Å². The lowest BCUT2D eigenvalue weighted by atomic mass is 9.88. The van der Waals surface area contributed by atoms with Crippen LogP contribution in [-0.2, 0) is 16.0 Å². The van der Waals surface area contributed by atoms with Crippen LogP contribution in [0.25, 0.3) is 0 Å². The summed E-state index contributed by atoms with van der Waals surface area (Å²) in [5.74, 6) is 1.16. The summed E-state index contributed by atoms with van der Waals surface area (Å²) in [6.45, 7) is 2.37. The van der Waals surface area contributed by atoms with Gasteiger partial charge in [0.05, 0.1) is 0 Å². The SMILES string of the molecule is CN(C)C(=O)CN=C(NCCc1cccs1)NC1CCN(C(=O)C2CCCCC2)C1.I. The predicted octanol–water partition coefficient (Wildman–Crippen LogP) is 2.71. The summed E-state index contributed by atoms with van der Waals surface area (Å²) >= 11 is 1.74. The van der Waals surface area contributed by atoms with E-state index in [1.807, 2.05) is 4.90 Å². The van der Waals surface area contributed by atoms with E-state index in [1.165, 1.54) is 24.1 Å². The van der Waals surface area contributed by atoms with Crippen LogP contribution >= 0.6 is 35.3 Å². The molecule has 3 rings (SSSR count). The Kier molecular flexibility index (Phi) is 11.1. The fraction of sp³-hybridized carbons (Fsp3) is 0.682. The summed E-state index contributed by atoms with van der Waals surface area (Å²) in [4.78, 5) is 34.2. The highest BCUT2D eigenvalue weighted by Gasteiger charge is 2.31. The molecule has 2 N–H and O–H groups in total. The molecule has 1 aromatic heterocycles. The molecule has 2 fully saturated rings. The van der Waals surface area contributed by atoms with Gasteiger partial charge in [0.15, 0.2) is 5.96 Å². The van der Waals surface area contributed by atoms with E-state index in [2.05, 4.69) is 33.1 Å². The first-order valence-corrected chi connectivity index (χ1v) is 12.0. The smallest absolute Gasteiger partial charge is 0.243 e. The number of thiophene rings is 1. The largest absolute Gasteiger partial charge is 0.356 e. The molecule has 9 heteroatoms. The van der Waals surface area contributed by atoms with Gasteiger partial charge >= 0.3 is 0 Å². The summed E-state index contributed by atoms with van der Waals surface area (Å²) < 4.78 is 0. The molecule has 0 aromatic carbocycles. The molecule has 2 amide bonds. The Morgan fingerprint density at radius 1 is 1.23 bits per heavy atom. The van der Waals surface area contributed by atoms with Gasteiger partial charge in [0.25, 0.3) is 0 Å². The average Bonchev–Trinajstić information content (AvgIpc) is 3.44. The molecule has 0 spiro atoms. The molecule has 31 heavy (non-hydrogen) atoms. The maximum Gasteiger partial charge on any atom is 0.243 e. The van der Waals surface area contributed by atoms with Crippen LogP contribution in [0.15, 0.2) is 22.5 Å². The minimum Gasteiger partial charge on any atom is -0.356 e. The molecule has 0 radical (unpaired) electrons. The number of carbonyl (C=O) groups is 2. The van der Waals surface area contributed by atoms with Gasteiger partial charge in [-0.25, -0.2) is 4.99 Å². The summed E-state index contributed by atoms with van der Waals surface area (Å²) in [5.41, 5.74) is 0. The van der Waals surface area contributed by atoms with Gasteiger partial charge in [-0.2, -0.15) is 0 Å². The van der Waals surface area contributed by atoms with Crippen molar-refractivity contribution in [3.05, 3.63) is 22.4 Å². The Bertz CT molecular complexity index is 719. The average molecular weight is 562 g/mol. The number of likely N-dealkylation sites (N-methyl/N-ethyl adjacent to an activating group) is 1. The number of hydrogen-bond donors (Lipinski definition) is 2. The second-order valence-corrected chi connectivity index (χ2v) is 9.49. The molecular weight excluding hydrogens is 525 g/mol. The number of nitrogens with zero attached hydrogens (tertiary/aromatic N) is 3. The lowest BCUT2D eigenvalue weighted by molar-refractivity contribution is -0.135. The van der Waals surface area contributed by atoms with Crippen molar-refractivity contribution in [2.75, 3.05) is 40.3 Å². The molecule has 1 saturated carbocycles. The van der Waals surface area contributed by atoms with Crippen LogP contribution in [-0.4, -0.2) is 73.9 Å². The molecule has 2 heterocycles. The van der Waals surface area contributed by atoms with Gasteiger partial charge in [0, 0.05) is 50.6 Å². The molecule has 1 aliphatic heterocycles. The van der Waals surface area contributed by atoms with Gasteiger partial charge in [-0.1, -0.05) is 25.3 Å². The summed E-state index contributed by atoms with van der Waals surface area (Å²) in [5, 5.41) is 8.89. The standard InChI is InChI=1S/C22H35N5O2S.HI/c1-26(2)20(28)15-24-22(23-12-10-19-9-6-14-30-19)25-18-11-13-27(16-18)21(29)17-7-4-3-5-8-17;/h6,9,14,17-18H,3-5,7-8,10-13,15-16H2,1-2H3,(H2,23,24,25);1H. The van der Waals surface area contributed by atoms with E-state index in [9.17, 15) is 9.59 Å². The van der Waals surface area contributed by atoms with Crippen molar-refractivity contribution in [3.63, 3.8) is 0 Å². The summed E-state index contributed by atoms with van der Waals surface area (Å²) in [6, 6.07) is 4.34. The highest BCUT2D eigenvalue weighted by Crippen LogP contribution is 2.26. The zero-order chi connectivity index (χ0) is 21.3. The normalized spacial score (nSPS) is 19.6. The molecule has 174 valence electrons. The monoisotopic (exact) mass is 561 g/mol. The van der Waals surface area contributed by atoms with Crippen molar-refractivity contribution in [1.82, 2.24) is 20.4 Å². The van der Waals surface area contributed by atoms with Crippen LogP contribution in [0.2, 0.25) is 0 Å². The van der Waals surface area contributed by atoms with Crippen LogP contribution in [0.5, 0.6) is 0 Å². The number of hydrogen-bond acceptors (Lipinski definition) is 4. The lowest BCUT2D eigenvalue weighted by Gasteiger charge is -2.26. The summed E-state index contributed by atoms with van der Waals surface area (Å²) in [6.07, 6.45) is 7.51. The van der Waals surface area contributed by atoms with Gasteiger partial charge in [-0.3, -0.25) is 9.59 Å². The third-order valence-electron chi connectivity index (χ3n) is 5.91. The quantitative estimate of drug-likeness (QED) is 0.305. The number of likely N-dealkylation sites (tertiary alicyclic amines) is 1. The van der Waals surface area contributed by atoms with Crippen LogP contribution < -0.4 is 10.6 Å². The van der Waals surface area contributed by atoms with E-state index >= 15 is 0 Å². The maximum atomic E-state index is 12.8. The Morgan fingerprint density at radius 3 is 2.68 bits per heavy atom. The van der Waals surface area contributed by atoms with Crippen LogP contribution in [0.4, 0.5) is 0 Å². The highest BCUT2D eigenvalue weighted by atomic mass is 127. The fourth-order valence-electron chi connectivity index (χ4n) is 4.08. The molecular formula is C22H36IN5O2S. The number of rotatable bonds is 7. The van der Waals surface area contributed by atoms with Crippen molar-refractivity contribution in [2.45, 2.75) is 51.0 Å². The second kappa shape index (κ2) is 13.2. The minimum atomic E-state index is -0.0325. The van der Waals surface area contributed by atoms with Crippen LogP contribution in [0.1, 0.15) is 43.4 Å². The highest BCUT2D eigenvalue weighted by molar-refractivity contribution is 14.0. The molecule has 1 aliphatic carbocycles. The molecule has 1 saturated heterocycles. The van der Waals surface area contributed by atoms with Gasteiger partial charge in [0.2, 0.25) is 11.8 Å². The van der Waals surface area contributed by atoms with E-state index in [0.29, 0.717) is 18.4 Å². The fourth-order valence-corrected chi connectivity index (χ4v) is 4.79. The molecule has 2 aliphatic rings. The number of amides is 2. The lowest BCUT2D eigenvalue weighted by Crippen LogP contribution is -2.46. The zero-order valence-corrected chi connectivity index (χ0v) is 21.8. The van der Waals surface area contributed by atoms with Gasteiger partial charge in [0.1, 0.15) is 6.54 Å². The molecule has 7 nitrogen and oxygen atoms in total. The van der Waals surface area contributed by atoms with Gasteiger partial charge in [-0.15, -0.1) is 35.3 Å². The number of nitrogens with one attached hydrogen (secondary N) is 2. The van der Waals surface area contributed by atoms with E-state index in [0.717, 1.165) is 38.8 Å². The van der Waals surface area contributed by atoms with E-state index in [-0.39, 0.29) is 48.4 Å². The van der Waals surface area contributed by atoms with E-state index in [4.69, 9.17) is 0 Å². The second-order valence-electron chi connectivity index (χ2n) is 8.46. The molecule has 1 atom stereocenters. The minimum absolute atomic E-state index is 0. The number of carbonyl (C=O) groups excluding carboxylic acids is 2. The number of guanidine groups is 1. The maximum absolute atomic E-state index is 12.8. The van der Waals surface area contributed by atoms with Crippen molar-refractivity contribution in [3.8, 4) is 0 Å². The van der Waals surface area contributed by atoms with Crippen LogP contribution in [0.3, 0.4) is 0 Å². The van der Waals surface area contributed by atoms with E-state index in [1.54, 1.807) is 30.3 Å². The first-order valence-electron chi connectivity index (χ1n) is 11.1. The van der Waals surface area contributed by atoms with Crippen molar-refractivity contribution < 1.29 is 9.59 Å². The third kappa shape index (κ3) is 8.25.